The number of rotatable bonds is 9. The Hall–Kier alpha value is -4.48. The lowest BCUT2D eigenvalue weighted by Gasteiger charge is -2.12. The van der Waals surface area contributed by atoms with Crippen LogP contribution in [-0.2, 0) is 6.54 Å². The smallest absolute Gasteiger partial charge is 0.387 e. The molecule has 0 saturated carbocycles. The predicted octanol–water partition coefficient (Wildman–Crippen LogP) is 3.98. The van der Waals surface area contributed by atoms with Crippen molar-refractivity contribution in [1.82, 2.24) is 5.32 Å². The van der Waals surface area contributed by atoms with Gasteiger partial charge < -0.3 is 24.5 Å². The van der Waals surface area contributed by atoms with Crippen molar-refractivity contribution in [2.24, 2.45) is 0 Å². The molecule has 1 heterocycles. The van der Waals surface area contributed by atoms with Crippen molar-refractivity contribution in [2.45, 2.75) is 13.2 Å². The predicted molar refractivity (Wildman–Crippen MR) is 111 cm³/mol. The number of nitrogens with zero attached hydrogens (tertiary/aromatic N) is 1. The van der Waals surface area contributed by atoms with Crippen molar-refractivity contribution in [1.29, 1.82) is 0 Å². The number of furan rings is 1. The number of benzene rings is 2. The second-order valence-corrected chi connectivity index (χ2v) is 6.47. The van der Waals surface area contributed by atoms with Crippen LogP contribution in [0.1, 0.15) is 26.5 Å². The molecule has 10 nitrogen and oxygen atoms in total. The summed E-state index contributed by atoms with van der Waals surface area (Å²) >= 11 is 0. The molecule has 12 heteroatoms. The molecule has 1 aromatic heterocycles. The van der Waals surface area contributed by atoms with Gasteiger partial charge in [0.2, 0.25) is 0 Å². The number of hydrogen-bond acceptors (Lipinski definition) is 7. The van der Waals surface area contributed by atoms with Crippen LogP contribution >= 0.6 is 0 Å². The molecule has 2 aromatic carbocycles. The molecule has 3 rings (SSSR count). The van der Waals surface area contributed by atoms with Crippen molar-refractivity contribution >= 4 is 23.2 Å². The average molecular weight is 461 g/mol. The fourth-order valence-corrected chi connectivity index (χ4v) is 2.81. The third-order valence-electron chi connectivity index (χ3n) is 4.35. The van der Waals surface area contributed by atoms with E-state index in [-0.39, 0.29) is 23.6 Å². The minimum atomic E-state index is -3.23. The summed E-state index contributed by atoms with van der Waals surface area (Å²) in [5, 5.41) is 16.5. The molecule has 0 aliphatic carbocycles. The first-order chi connectivity index (χ1) is 15.8. The van der Waals surface area contributed by atoms with Gasteiger partial charge in [-0.05, 0) is 29.8 Å². The van der Waals surface area contributed by atoms with Gasteiger partial charge in [-0.3, -0.25) is 19.7 Å². The molecule has 2 N–H and O–H groups in total. The van der Waals surface area contributed by atoms with Crippen LogP contribution in [0.4, 0.5) is 20.2 Å². The topological polar surface area (TPSA) is 133 Å². The fraction of sp³-hybridized carbons (Fsp3) is 0.143. The number of nitro benzene ring substituents is 1. The molecule has 0 bridgehead atoms. The number of amides is 2. The van der Waals surface area contributed by atoms with Gasteiger partial charge in [-0.15, -0.1) is 0 Å². The van der Waals surface area contributed by atoms with E-state index in [0.717, 1.165) is 13.2 Å². The molecule has 33 heavy (non-hydrogen) atoms. The maximum atomic E-state index is 12.6. The number of carbonyl (C=O) groups is 2. The van der Waals surface area contributed by atoms with E-state index in [1.165, 1.54) is 12.3 Å². The van der Waals surface area contributed by atoms with Gasteiger partial charge in [-0.25, -0.2) is 0 Å². The molecule has 0 aliphatic rings. The van der Waals surface area contributed by atoms with E-state index in [4.69, 9.17) is 9.15 Å². The van der Waals surface area contributed by atoms with Gasteiger partial charge in [-0.2, -0.15) is 8.78 Å². The number of anilines is 1. The largest absolute Gasteiger partial charge is 0.493 e. The van der Waals surface area contributed by atoms with E-state index in [9.17, 15) is 28.5 Å². The van der Waals surface area contributed by atoms with E-state index in [1.54, 1.807) is 30.3 Å². The third kappa shape index (κ3) is 5.81. The van der Waals surface area contributed by atoms with Gasteiger partial charge in [0, 0.05) is 18.3 Å². The molecule has 172 valence electrons. The van der Waals surface area contributed by atoms with Crippen molar-refractivity contribution in [3.63, 3.8) is 0 Å². The summed E-state index contributed by atoms with van der Waals surface area (Å²) in [6.45, 7) is -3.23. The number of nitrogens with one attached hydrogen (secondary N) is 2. The minimum absolute atomic E-state index is 0.00000108. The van der Waals surface area contributed by atoms with Crippen LogP contribution in [0, 0.1) is 10.1 Å². The summed E-state index contributed by atoms with van der Waals surface area (Å²) in [6.07, 6.45) is 1.38. The van der Waals surface area contributed by atoms with Crippen LogP contribution in [0.3, 0.4) is 0 Å². The number of halogens is 2. The average Bonchev–Trinajstić information content (AvgIpc) is 3.33. The standard InChI is InChI=1S/C21H17F2N3O7/c1-31-17-9-14(15(26(29)30)10-18(17)33-21(22)23)19(27)24-11-12-4-6-13(7-5-12)25-20(28)16-3-2-8-32-16/h2-10,21H,11H2,1H3,(H,24,27)(H,25,28). The van der Waals surface area contributed by atoms with Crippen LogP contribution < -0.4 is 20.1 Å². The Bertz CT molecular complexity index is 1150. The Balaban J connectivity index is 1.69. The van der Waals surface area contributed by atoms with E-state index in [0.29, 0.717) is 17.3 Å². The highest BCUT2D eigenvalue weighted by Gasteiger charge is 2.26. The molecule has 0 radical (unpaired) electrons. The molecule has 0 saturated heterocycles. The highest BCUT2D eigenvalue weighted by atomic mass is 19.3. The summed E-state index contributed by atoms with van der Waals surface area (Å²) in [4.78, 5) is 35.0. The summed E-state index contributed by atoms with van der Waals surface area (Å²) in [5.41, 5.74) is 0.00817. The lowest BCUT2D eigenvalue weighted by Crippen LogP contribution is -2.24. The molecule has 0 fully saturated rings. The Kier molecular flexibility index (Phi) is 7.18. The zero-order valence-corrected chi connectivity index (χ0v) is 17.0. The third-order valence-corrected chi connectivity index (χ3v) is 4.35. The van der Waals surface area contributed by atoms with Crippen molar-refractivity contribution in [2.75, 3.05) is 12.4 Å². The maximum absolute atomic E-state index is 12.6. The normalized spacial score (nSPS) is 10.5. The number of ether oxygens (including phenoxy) is 2. The molecular formula is C21H17F2N3O7. The fourth-order valence-electron chi connectivity index (χ4n) is 2.81. The quantitative estimate of drug-likeness (QED) is 0.364. The summed E-state index contributed by atoms with van der Waals surface area (Å²) < 4.78 is 39.2. The highest BCUT2D eigenvalue weighted by Crippen LogP contribution is 2.35. The van der Waals surface area contributed by atoms with Gasteiger partial charge in [0.1, 0.15) is 5.56 Å². The number of nitro groups is 1. The van der Waals surface area contributed by atoms with E-state index < -0.39 is 34.8 Å². The monoisotopic (exact) mass is 461 g/mol. The first kappa shape index (κ1) is 23.2. The van der Waals surface area contributed by atoms with Crippen molar-refractivity contribution in [3.8, 4) is 11.5 Å². The van der Waals surface area contributed by atoms with Gasteiger partial charge in [0.25, 0.3) is 17.5 Å². The molecular weight excluding hydrogens is 444 g/mol. The van der Waals surface area contributed by atoms with Crippen molar-refractivity contribution < 1.29 is 37.2 Å². The van der Waals surface area contributed by atoms with E-state index in [2.05, 4.69) is 15.4 Å². The van der Waals surface area contributed by atoms with Crippen LogP contribution in [-0.4, -0.2) is 30.5 Å². The minimum Gasteiger partial charge on any atom is -0.493 e. The van der Waals surface area contributed by atoms with Crippen LogP contribution in [0.25, 0.3) is 0 Å². The van der Waals surface area contributed by atoms with E-state index >= 15 is 0 Å². The lowest BCUT2D eigenvalue weighted by molar-refractivity contribution is -0.385. The van der Waals surface area contributed by atoms with Gasteiger partial charge in [0.05, 0.1) is 24.4 Å². The second kappa shape index (κ2) is 10.2. The second-order valence-electron chi connectivity index (χ2n) is 6.47. The van der Waals surface area contributed by atoms with Gasteiger partial charge in [0.15, 0.2) is 17.3 Å². The number of carbonyl (C=O) groups excluding carboxylic acids is 2. The Morgan fingerprint density at radius 3 is 2.42 bits per heavy atom. The zero-order valence-electron chi connectivity index (χ0n) is 17.0. The van der Waals surface area contributed by atoms with Gasteiger partial charge >= 0.3 is 6.61 Å². The lowest BCUT2D eigenvalue weighted by atomic mass is 10.1. The Labute approximate surface area is 185 Å². The molecule has 0 spiro atoms. The first-order valence-corrected chi connectivity index (χ1v) is 9.31. The molecule has 2 amide bonds. The summed E-state index contributed by atoms with van der Waals surface area (Å²) in [6, 6.07) is 11.2. The Morgan fingerprint density at radius 1 is 1.12 bits per heavy atom. The molecule has 0 unspecified atom stereocenters. The Morgan fingerprint density at radius 2 is 1.85 bits per heavy atom. The summed E-state index contributed by atoms with van der Waals surface area (Å²) in [7, 11) is 1.15. The van der Waals surface area contributed by atoms with E-state index in [1.807, 2.05) is 0 Å². The SMILES string of the molecule is COc1cc(C(=O)NCc2ccc(NC(=O)c3ccco3)cc2)c([N+](=O)[O-])cc1OC(F)F. The molecule has 3 aromatic rings. The van der Waals surface area contributed by atoms with Gasteiger partial charge in [-0.1, -0.05) is 12.1 Å². The first-order valence-electron chi connectivity index (χ1n) is 9.31. The number of alkyl halides is 2. The number of hydrogen-bond donors (Lipinski definition) is 2. The maximum Gasteiger partial charge on any atom is 0.387 e. The summed E-state index contributed by atoms with van der Waals surface area (Å²) in [5.74, 6) is -1.93. The highest BCUT2D eigenvalue weighted by molar-refractivity contribution is 6.02. The number of methoxy groups -OCH3 is 1. The van der Waals surface area contributed by atoms with Crippen LogP contribution in [0.15, 0.2) is 59.2 Å². The van der Waals surface area contributed by atoms with Crippen LogP contribution in [0.2, 0.25) is 0 Å². The van der Waals surface area contributed by atoms with Crippen LogP contribution in [0.5, 0.6) is 11.5 Å². The zero-order chi connectivity index (χ0) is 24.0. The molecule has 0 atom stereocenters. The van der Waals surface area contributed by atoms with Crippen molar-refractivity contribution in [3.05, 3.63) is 81.8 Å². The molecule has 0 aliphatic heterocycles.